The Morgan fingerprint density at radius 3 is 2.80 bits per heavy atom. The van der Waals surface area contributed by atoms with Gasteiger partial charge in [-0.05, 0) is 43.7 Å². The van der Waals surface area contributed by atoms with Crippen LogP contribution in [0.25, 0.3) is 0 Å². The number of benzene rings is 1. The lowest BCUT2D eigenvalue weighted by Gasteiger charge is -2.20. The molecular formula is C16H19ClN2O. The van der Waals surface area contributed by atoms with Crippen LogP contribution in [0.3, 0.4) is 0 Å². The summed E-state index contributed by atoms with van der Waals surface area (Å²) in [5.74, 6) is 0.898. The molecule has 2 rings (SSSR count). The SMILES string of the molecule is CNC(Cc1ccncc1Cl)c1ccc(C)cc1OC. The van der Waals surface area contributed by atoms with E-state index >= 15 is 0 Å². The number of hydrogen-bond acceptors (Lipinski definition) is 3. The fraction of sp³-hybridized carbons (Fsp3) is 0.312. The van der Waals surface area contributed by atoms with E-state index in [2.05, 4.69) is 29.4 Å². The average molecular weight is 291 g/mol. The zero-order valence-corrected chi connectivity index (χ0v) is 12.7. The van der Waals surface area contributed by atoms with E-state index in [9.17, 15) is 0 Å². The molecular weight excluding hydrogens is 272 g/mol. The standard InChI is InChI=1S/C16H19ClN2O/c1-11-4-5-13(16(8-11)20-3)15(18-2)9-12-6-7-19-10-14(12)17/h4-8,10,15,18H,9H2,1-3H3. The molecule has 1 aromatic heterocycles. The number of methoxy groups -OCH3 is 1. The van der Waals surface area contributed by atoms with Gasteiger partial charge in [0.1, 0.15) is 5.75 Å². The van der Waals surface area contributed by atoms with Crippen LogP contribution in [0, 0.1) is 6.92 Å². The largest absolute Gasteiger partial charge is 0.496 e. The minimum absolute atomic E-state index is 0.144. The number of aryl methyl sites for hydroxylation is 1. The lowest BCUT2D eigenvalue weighted by Crippen LogP contribution is -2.19. The van der Waals surface area contributed by atoms with Crippen molar-refractivity contribution in [3.05, 3.63) is 58.4 Å². The van der Waals surface area contributed by atoms with Gasteiger partial charge in [0, 0.05) is 24.0 Å². The molecule has 0 saturated heterocycles. The van der Waals surface area contributed by atoms with Crippen LogP contribution < -0.4 is 10.1 Å². The van der Waals surface area contributed by atoms with Gasteiger partial charge in [-0.15, -0.1) is 0 Å². The summed E-state index contributed by atoms with van der Waals surface area (Å²) in [5, 5.41) is 4.02. The lowest BCUT2D eigenvalue weighted by molar-refractivity contribution is 0.401. The van der Waals surface area contributed by atoms with Crippen molar-refractivity contribution in [1.82, 2.24) is 10.3 Å². The lowest BCUT2D eigenvalue weighted by atomic mass is 9.97. The quantitative estimate of drug-likeness (QED) is 0.914. The zero-order chi connectivity index (χ0) is 14.5. The summed E-state index contributed by atoms with van der Waals surface area (Å²) < 4.78 is 5.49. The number of aromatic nitrogens is 1. The Kier molecular flexibility index (Phi) is 4.99. The number of likely N-dealkylation sites (N-methyl/N-ethyl adjacent to an activating group) is 1. The van der Waals surface area contributed by atoms with Crippen LogP contribution >= 0.6 is 11.6 Å². The number of pyridine rings is 1. The van der Waals surface area contributed by atoms with Crippen LogP contribution in [-0.4, -0.2) is 19.1 Å². The molecule has 20 heavy (non-hydrogen) atoms. The Morgan fingerprint density at radius 1 is 1.35 bits per heavy atom. The highest BCUT2D eigenvalue weighted by molar-refractivity contribution is 6.31. The van der Waals surface area contributed by atoms with Gasteiger partial charge >= 0.3 is 0 Å². The van der Waals surface area contributed by atoms with Gasteiger partial charge in [0.25, 0.3) is 0 Å². The molecule has 0 aliphatic heterocycles. The number of ether oxygens (including phenoxy) is 1. The van der Waals surface area contributed by atoms with Crippen molar-refractivity contribution in [1.29, 1.82) is 0 Å². The van der Waals surface area contributed by atoms with Gasteiger partial charge in [-0.2, -0.15) is 0 Å². The molecule has 0 aliphatic rings. The smallest absolute Gasteiger partial charge is 0.123 e. The normalized spacial score (nSPS) is 12.2. The first-order valence-corrected chi connectivity index (χ1v) is 6.93. The maximum absolute atomic E-state index is 6.19. The maximum atomic E-state index is 6.19. The van der Waals surface area contributed by atoms with E-state index in [1.54, 1.807) is 19.5 Å². The second-order valence-corrected chi connectivity index (χ2v) is 5.17. The molecule has 1 N–H and O–H groups in total. The Bertz CT molecular complexity index is 586. The first-order chi connectivity index (χ1) is 9.65. The molecule has 0 aliphatic carbocycles. The third-order valence-electron chi connectivity index (χ3n) is 3.39. The van der Waals surface area contributed by atoms with E-state index in [0.29, 0.717) is 5.02 Å². The van der Waals surface area contributed by atoms with Crippen molar-refractivity contribution in [2.45, 2.75) is 19.4 Å². The van der Waals surface area contributed by atoms with E-state index < -0.39 is 0 Å². The van der Waals surface area contributed by atoms with Crippen LogP contribution in [0.1, 0.15) is 22.7 Å². The first kappa shape index (κ1) is 14.8. The molecule has 0 bridgehead atoms. The molecule has 0 amide bonds. The van der Waals surface area contributed by atoms with Crippen molar-refractivity contribution < 1.29 is 4.74 Å². The summed E-state index contributed by atoms with van der Waals surface area (Å²) in [7, 11) is 3.64. The fourth-order valence-corrected chi connectivity index (χ4v) is 2.46. The fourth-order valence-electron chi connectivity index (χ4n) is 2.26. The molecule has 0 spiro atoms. The zero-order valence-electron chi connectivity index (χ0n) is 12.0. The summed E-state index contributed by atoms with van der Waals surface area (Å²) in [6.45, 7) is 2.06. The van der Waals surface area contributed by atoms with Crippen molar-refractivity contribution in [2.75, 3.05) is 14.2 Å². The number of rotatable bonds is 5. The average Bonchev–Trinajstić information content (AvgIpc) is 2.46. The van der Waals surface area contributed by atoms with Crippen LogP contribution in [0.4, 0.5) is 0 Å². The Labute approximate surface area is 124 Å². The van der Waals surface area contributed by atoms with Crippen LogP contribution in [0.15, 0.2) is 36.7 Å². The number of nitrogens with zero attached hydrogens (tertiary/aromatic N) is 1. The Morgan fingerprint density at radius 2 is 2.15 bits per heavy atom. The minimum atomic E-state index is 0.144. The topological polar surface area (TPSA) is 34.2 Å². The molecule has 0 radical (unpaired) electrons. The van der Waals surface area contributed by atoms with Crippen molar-refractivity contribution in [2.24, 2.45) is 0 Å². The Hall–Kier alpha value is -1.58. The van der Waals surface area contributed by atoms with Crippen LogP contribution in [0.5, 0.6) is 5.75 Å². The minimum Gasteiger partial charge on any atom is -0.496 e. The summed E-state index contributed by atoms with van der Waals surface area (Å²) in [6, 6.07) is 8.34. The predicted octanol–water partition coefficient (Wildman–Crippen LogP) is 3.56. The molecule has 1 heterocycles. The second-order valence-electron chi connectivity index (χ2n) is 4.76. The predicted molar refractivity (Wildman–Crippen MR) is 82.5 cm³/mol. The molecule has 2 aromatic rings. The first-order valence-electron chi connectivity index (χ1n) is 6.56. The molecule has 0 fully saturated rings. The van der Waals surface area contributed by atoms with Gasteiger partial charge in [-0.3, -0.25) is 4.98 Å². The van der Waals surface area contributed by atoms with Crippen LogP contribution in [-0.2, 0) is 6.42 Å². The highest BCUT2D eigenvalue weighted by Gasteiger charge is 2.16. The third kappa shape index (κ3) is 3.30. The molecule has 106 valence electrons. The highest BCUT2D eigenvalue weighted by Crippen LogP contribution is 2.29. The van der Waals surface area contributed by atoms with Gasteiger partial charge in [0.2, 0.25) is 0 Å². The maximum Gasteiger partial charge on any atom is 0.123 e. The van der Waals surface area contributed by atoms with Crippen LogP contribution in [0.2, 0.25) is 5.02 Å². The van der Waals surface area contributed by atoms with Gasteiger partial charge in [-0.1, -0.05) is 23.7 Å². The second kappa shape index (κ2) is 6.73. The van der Waals surface area contributed by atoms with E-state index in [0.717, 1.165) is 23.3 Å². The number of hydrogen-bond donors (Lipinski definition) is 1. The van der Waals surface area contributed by atoms with Crippen molar-refractivity contribution in [3.63, 3.8) is 0 Å². The van der Waals surface area contributed by atoms with E-state index in [1.807, 2.05) is 19.2 Å². The molecule has 3 nitrogen and oxygen atoms in total. The van der Waals surface area contributed by atoms with Gasteiger partial charge in [-0.25, -0.2) is 0 Å². The van der Waals surface area contributed by atoms with Crippen molar-refractivity contribution >= 4 is 11.6 Å². The summed E-state index contributed by atoms with van der Waals surface area (Å²) in [6.07, 6.45) is 4.23. The van der Waals surface area contributed by atoms with E-state index in [-0.39, 0.29) is 6.04 Å². The molecule has 0 saturated carbocycles. The van der Waals surface area contributed by atoms with E-state index in [1.165, 1.54) is 5.56 Å². The molecule has 4 heteroatoms. The number of halogens is 1. The molecule has 1 atom stereocenters. The van der Waals surface area contributed by atoms with Crippen molar-refractivity contribution in [3.8, 4) is 5.75 Å². The number of nitrogens with one attached hydrogen (secondary N) is 1. The molecule has 1 aromatic carbocycles. The van der Waals surface area contributed by atoms with E-state index in [4.69, 9.17) is 16.3 Å². The van der Waals surface area contributed by atoms with Gasteiger partial charge in [0.05, 0.1) is 12.1 Å². The summed E-state index contributed by atoms with van der Waals surface area (Å²) >= 11 is 6.19. The summed E-state index contributed by atoms with van der Waals surface area (Å²) in [4.78, 5) is 4.02. The summed E-state index contributed by atoms with van der Waals surface area (Å²) in [5.41, 5.74) is 3.39. The monoisotopic (exact) mass is 290 g/mol. The third-order valence-corrected chi connectivity index (χ3v) is 3.73. The highest BCUT2D eigenvalue weighted by atomic mass is 35.5. The molecule has 1 unspecified atom stereocenters. The Balaban J connectivity index is 2.31. The van der Waals surface area contributed by atoms with Gasteiger partial charge < -0.3 is 10.1 Å². The van der Waals surface area contributed by atoms with Gasteiger partial charge in [0.15, 0.2) is 0 Å².